The molecule has 6 nitrogen and oxygen atoms in total. The first-order chi connectivity index (χ1) is 14.2. The molecule has 4 rings (SSSR count). The Balaban J connectivity index is 1.47. The second kappa shape index (κ2) is 8.39. The summed E-state index contributed by atoms with van der Waals surface area (Å²) in [7, 11) is 0. The number of anilines is 1. The van der Waals surface area contributed by atoms with Crippen LogP contribution in [0.5, 0.6) is 5.75 Å². The number of rotatable bonds is 6. The van der Waals surface area contributed by atoms with E-state index < -0.39 is 0 Å². The summed E-state index contributed by atoms with van der Waals surface area (Å²) in [6, 6.07) is 24.4. The van der Waals surface area contributed by atoms with Gasteiger partial charge >= 0.3 is 0 Å². The van der Waals surface area contributed by atoms with Gasteiger partial charge < -0.3 is 14.5 Å². The summed E-state index contributed by atoms with van der Waals surface area (Å²) in [4.78, 5) is 12.2. The molecular formula is C23H19N3O3. The maximum Gasteiger partial charge on any atom is 0.262 e. The molecule has 0 aliphatic carbocycles. The predicted octanol–water partition coefficient (Wildman–Crippen LogP) is 4.73. The van der Waals surface area contributed by atoms with E-state index >= 15 is 0 Å². The van der Waals surface area contributed by atoms with Crippen LogP contribution in [0.2, 0.25) is 0 Å². The van der Waals surface area contributed by atoms with Gasteiger partial charge in [0.2, 0.25) is 5.89 Å². The molecule has 0 atom stereocenters. The molecule has 0 spiro atoms. The van der Waals surface area contributed by atoms with Gasteiger partial charge in [-0.25, -0.2) is 0 Å². The van der Waals surface area contributed by atoms with Crippen molar-refractivity contribution >= 4 is 11.6 Å². The van der Waals surface area contributed by atoms with Gasteiger partial charge in [0.15, 0.2) is 6.61 Å². The number of aromatic nitrogens is 2. The number of benzene rings is 3. The van der Waals surface area contributed by atoms with Crippen molar-refractivity contribution in [3.8, 4) is 28.7 Å². The molecular weight excluding hydrogens is 366 g/mol. The lowest BCUT2D eigenvalue weighted by molar-refractivity contribution is -0.118. The van der Waals surface area contributed by atoms with E-state index in [2.05, 4.69) is 15.5 Å². The standard InChI is InChI=1S/C23H19N3O3/c1-16-11-13-18(14-12-16)24-21(27)15-28-20-10-6-5-9-19(20)23-26-25-22(29-23)17-7-3-2-4-8-17/h2-14H,15H2,1H3,(H,24,27). The van der Waals surface area contributed by atoms with Gasteiger partial charge in [-0.3, -0.25) is 4.79 Å². The van der Waals surface area contributed by atoms with Gasteiger partial charge in [0.05, 0.1) is 5.56 Å². The third-order valence-corrected chi connectivity index (χ3v) is 4.26. The predicted molar refractivity (Wildman–Crippen MR) is 110 cm³/mol. The zero-order valence-electron chi connectivity index (χ0n) is 15.8. The Morgan fingerprint density at radius 3 is 2.38 bits per heavy atom. The fraction of sp³-hybridized carbons (Fsp3) is 0.0870. The first kappa shape index (κ1) is 18.4. The number of ether oxygens (including phenoxy) is 1. The van der Waals surface area contributed by atoms with Crippen molar-refractivity contribution in [3.63, 3.8) is 0 Å². The minimum Gasteiger partial charge on any atom is -0.483 e. The van der Waals surface area contributed by atoms with Gasteiger partial charge in [0, 0.05) is 11.3 Å². The van der Waals surface area contributed by atoms with E-state index in [1.807, 2.05) is 79.7 Å². The van der Waals surface area contributed by atoms with E-state index in [9.17, 15) is 4.79 Å². The number of para-hydroxylation sites is 1. The molecule has 0 radical (unpaired) electrons. The highest BCUT2D eigenvalue weighted by Crippen LogP contribution is 2.30. The number of carbonyl (C=O) groups excluding carboxylic acids is 1. The van der Waals surface area contributed by atoms with E-state index in [-0.39, 0.29) is 12.5 Å². The van der Waals surface area contributed by atoms with E-state index in [0.29, 0.717) is 23.1 Å². The topological polar surface area (TPSA) is 77.2 Å². The average molecular weight is 385 g/mol. The van der Waals surface area contributed by atoms with E-state index in [0.717, 1.165) is 16.8 Å². The van der Waals surface area contributed by atoms with Gasteiger partial charge in [-0.15, -0.1) is 10.2 Å². The van der Waals surface area contributed by atoms with Crippen LogP contribution in [0.15, 0.2) is 83.3 Å². The zero-order valence-corrected chi connectivity index (χ0v) is 15.8. The van der Waals surface area contributed by atoms with Gasteiger partial charge in [0.1, 0.15) is 5.75 Å². The highest BCUT2D eigenvalue weighted by molar-refractivity contribution is 5.92. The fourth-order valence-electron chi connectivity index (χ4n) is 2.78. The monoisotopic (exact) mass is 385 g/mol. The zero-order chi connectivity index (χ0) is 20.1. The Hall–Kier alpha value is -3.93. The van der Waals surface area contributed by atoms with Crippen molar-refractivity contribution in [2.24, 2.45) is 0 Å². The summed E-state index contributed by atoms with van der Waals surface area (Å²) in [6.07, 6.45) is 0. The minimum atomic E-state index is -0.251. The Bertz CT molecular complexity index is 1110. The molecule has 0 unspecified atom stereocenters. The number of hydrogen-bond donors (Lipinski definition) is 1. The normalized spacial score (nSPS) is 10.5. The number of hydrogen-bond acceptors (Lipinski definition) is 5. The second-order valence-electron chi connectivity index (χ2n) is 6.48. The summed E-state index contributed by atoms with van der Waals surface area (Å²) >= 11 is 0. The molecule has 144 valence electrons. The lowest BCUT2D eigenvalue weighted by Gasteiger charge is -2.10. The molecule has 0 fully saturated rings. The largest absolute Gasteiger partial charge is 0.483 e. The lowest BCUT2D eigenvalue weighted by Crippen LogP contribution is -2.20. The van der Waals surface area contributed by atoms with Gasteiger partial charge in [-0.1, -0.05) is 48.0 Å². The first-order valence-corrected chi connectivity index (χ1v) is 9.17. The van der Waals surface area contributed by atoms with Crippen LogP contribution in [-0.2, 0) is 4.79 Å². The van der Waals surface area contributed by atoms with Crippen molar-refractivity contribution in [1.82, 2.24) is 10.2 Å². The highest BCUT2D eigenvalue weighted by atomic mass is 16.5. The summed E-state index contributed by atoms with van der Waals surface area (Å²) in [5.74, 6) is 1.000. The maximum absolute atomic E-state index is 12.2. The van der Waals surface area contributed by atoms with Crippen molar-refractivity contribution in [3.05, 3.63) is 84.4 Å². The lowest BCUT2D eigenvalue weighted by atomic mass is 10.2. The van der Waals surface area contributed by atoms with Crippen molar-refractivity contribution in [1.29, 1.82) is 0 Å². The van der Waals surface area contributed by atoms with Crippen LogP contribution >= 0.6 is 0 Å². The van der Waals surface area contributed by atoms with Gasteiger partial charge in [-0.2, -0.15) is 0 Å². The van der Waals surface area contributed by atoms with Gasteiger partial charge in [0.25, 0.3) is 11.8 Å². The van der Waals surface area contributed by atoms with Crippen LogP contribution in [0.4, 0.5) is 5.69 Å². The molecule has 29 heavy (non-hydrogen) atoms. The molecule has 0 bridgehead atoms. The smallest absolute Gasteiger partial charge is 0.262 e. The van der Waals surface area contributed by atoms with Crippen LogP contribution in [0.1, 0.15) is 5.56 Å². The van der Waals surface area contributed by atoms with Gasteiger partial charge in [-0.05, 0) is 43.3 Å². The van der Waals surface area contributed by atoms with E-state index in [1.54, 1.807) is 6.07 Å². The molecule has 1 heterocycles. The third kappa shape index (κ3) is 4.50. The third-order valence-electron chi connectivity index (χ3n) is 4.26. The molecule has 1 amide bonds. The summed E-state index contributed by atoms with van der Waals surface area (Å²) in [5, 5.41) is 11.0. The maximum atomic E-state index is 12.2. The number of aryl methyl sites for hydroxylation is 1. The van der Waals surface area contributed by atoms with Crippen LogP contribution in [0.3, 0.4) is 0 Å². The second-order valence-corrected chi connectivity index (χ2v) is 6.48. The molecule has 1 N–H and O–H groups in total. The van der Waals surface area contributed by atoms with Crippen molar-refractivity contribution < 1.29 is 13.9 Å². The first-order valence-electron chi connectivity index (χ1n) is 9.17. The Labute approximate surface area is 168 Å². The molecule has 0 saturated carbocycles. The molecule has 6 heteroatoms. The van der Waals surface area contributed by atoms with E-state index in [1.165, 1.54) is 0 Å². The summed E-state index contributed by atoms with van der Waals surface area (Å²) < 4.78 is 11.5. The van der Waals surface area contributed by atoms with Crippen molar-refractivity contribution in [2.75, 3.05) is 11.9 Å². The van der Waals surface area contributed by atoms with E-state index in [4.69, 9.17) is 9.15 Å². The van der Waals surface area contributed by atoms with Crippen LogP contribution in [0.25, 0.3) is 22.9 Å². The summed E-state index contributed by atoms with van der Waals surface area (Å²) in [5.41, 5.74) is 3.32. The average Bonchev–Trinajstić information content (AvgIpc) is 3.25. The quantitative estimate of drug-likeness (QED) is 0.519. The van der Waals surface area contributed by atoms with Crippen LogP contribution < -0.4 is 10.1 Å². The molecule has 4 aromatic rings. The Kier molecular flexibility index (Phi) is 5.33. The highest BCUT2D eigenvalue weighted by Gasteiger charge is 2.15. The molecule has 3 aromatic carbocycles. The fourth-order valence-corrected chi connectivity index (χ4v) is 2.78. The molecule has 0 saturated heterocycles. The van der Waals surface area contributed by atoms with Crippen LogP contribution in [-0.4, -0.2) is 22.7 Å². The number of nitrogens with one attached hydrogen (secondary N) is 1. The number of carbonyl (C=O) groups is 1. The summed E-state index contributed by atoms with van der Waals surface area (Å²) in [6.45, 7) is 1.86. The SMILES string of the molecule is Cc1ccc(NC(=O)COc2ccccc2-c2nnc(-c3ccccc3)o2)cc1. The van der Waals surface area contributed by atoms with Crippen LogP contribution in [0, 0.1) is 6.92 Å². The molecule has 0 aliphatic rings. The van der Waals surface area contributed by atoms with Crippen molar-refractivity contribution in [2.45, 2.75) is 6.92 Å². The Morgan fingerprint density at radius 2 is 1.59 bits per heavy atom. The number of nitrogens with zero attached hydrogens (tertiary/aromatic N) is 2. The number of amides is 1. The molecule has 1 aromatic heterocycles. The minimum absolute atomic E-state index is 0.134. The molecule has 0 aliphatic heterocycles. The Morgan fingerprint density at radius 1 is 0.897 bits per heavy atom.